The maximum Gasteiger partial charge on any atom is 0.495 e. The Morgan fingerprint density at radius 3 is 2.35 bits per heavy atom. The lowest BCUT2D eigenvalue weighted by molar-refractivity contribution is -0.138. The number of rotatable bonds is 1. The fourth-order valence-electron chi connectivity index (χ4n) is 1.95. The molecule has 1 saturated heterocycles. The molecule has 1 aromatic heterocycles. The molecule has 20 heavy (non-hydrogen) atoms. The van der Waals surface area contributed by atoms with Crippen LogP contribution in [0.3, 0.4) is 0 Å². The molecule has 0 saturated carbocycles. The van der Waals surface area contributed by atoms with E-state index in [1.165, 1.54) is 13.2 Å². The van der Waals surface area contributed by atoms with Crippen molar-refractivity contribution in [1.82, 2.24) is 4.57 Å². The Morgan fingerprint density at radius 2 is 1.85 bits per heavy atom. The Kier molecular flexibility index (Phi) is 3.72. The van der Waals surface area contributed by atoms with E-state index in [0.717, 1.165) is 10.6 Å². The Hall–Kier alpha value is -1.28. The lowest BCUT2D eigenvalue weighted by Crippen LogP contribution is -2.49. The Bertz CT molecular complexity index is 558. The van der Waals surface area contributed by atoms with E-state index in [9.17, 15) is 18.0 Å². The number of alkyl halides is 3. The van der Waals surface area contributed by atoms with Crippen LogP contribution in [0.25, 0.3) is 0 Å². The molecule has 0 radical (unpaired) electrons. The number of hydrogen-bond donors (Lipinski definition) is 0. The molecular weight excluding hydrogens is 274 g/mol. The van der Waals surface area contributed by atoms with E-state index in [0.29, 0.717) is 13.2 Å². The van der Waals surface area contributed by atoms with E-state index < -0.39 is 24.4 Å². The molecule has 1 fully saturated rings. The largest absolute Gasteiger partial charge is 0.495 e. The van der Waals surface area contributed by atoms with Gasteiger partial charge in [0.25, 0.3) is 5.56 Å². The Morgan fingerprint density at radius 1 is 1.30 bits per heavy atom. The maximum absolute atomic E-state index is 12.8. The van der Waals surface area contributed by atoms with Crippen LogP contribution < -0.4 is 11.0 Å². The third-order valence-corrected chi connectivity index (χ3v) is 3.03. The quantitative estimate of drug-likeness (QED) is 0.729. The monoisotopic (exact) mass is 289 g/mol. The van der Waals surface area contributed by atoms with Gasteiger partial charge in [-0.1, -0.05) is 13.8 Å². The van der Waals surface area contributed by atoms with E-state index in [4.69, 9.17) is 9.31 Å². The first-order valence-electron chi connectivity index (χ1n) is 6.11. The van der Waals surface area contributed by atoms with Crippen molar-refractivity contribution in [1.29, 1.82) is 0 Å². The van der Waals surface area contributed by atoms with Crippen LogP contribution in [0, 0.1) is 5.41 Å². The smallest absolute Gasteiger partial charge is 0.407 e. The van der Waals surface area contributed by atoms with Crippen LogP contribution in [0.1, 0.15) is 19.4 Å². The second kappa shape index (κ2) is 4.93. The first-order chi connectivity index (χ1) is 9.10. The fraction of sp³-hybridized carbons (Fsp3) is 0.583. The summed E-state index contributed by atoms with van der Waals surface area (Å²) in [5.74, 6) is 0. The van der Waals surface area contributed by atoms with Crippen molar-refractivity contribution in [3.8, 4) is 0 Å². The highest BCUT2D eigenvalue weighted by molar-refractivity contribution is 6.61. The summed E-state index contributed by atoms with van der Waals surface area (Å²) >= 11 is 0. The summed E-state index contributed by atoms with van der Waals surface area (Å²) in [4.78, 5) is 11.5. The van der Waals surface area contributed by atoms with Crippen LogP contribution in [0.15, 0.2) is 17.1 Å². The molecule has 8 heteroatoms. The van der Waals surface area contributed by atoms with Crippen LogP contribution in [0.5, 0.6) is 0 Å². The molecule has 1 aromatic rings. The van der Waals surface area contributed by atoms with Crippen molar-refractivity contribution in [3.05, 3.63) is 28.2 Å². The zero-order chi connectivity index (χ0) is 15.1. The Balaban J connectivity index is 2.35. The van der Waals surface area contributed by atoms with Gasteiger partial charge in [0.2, 0.25) is 0 Å². The second-order valence-corrected chi connectivity index (χ2v) is 5.72. The fourth-order valence-corrected chi connectivity index (χ4v) is 1.95. The van der Waals surface area contributed by atoms with Crippen LogP contribution in [-0.2, 0) is 22.5 Å². The highest BCUT2D eigenvalue weighted by Gasteiger charge is 2.38. The molecule has 0 unspecified atom stereocenters. The summed E-state index contributed by atoms with van der Waals surface area (Å²) in [7, 11) is 0.393. The first-order valence-corrected chi connectivity index (χ1v) is 6.11. The lowest BCUT2D eigenvalue weighted by atomic mass is 9.76. The minimum Gasteiger partial charge on any atom is -0.407 e. The Labute approximate surface area is 114 Å². The summed E-state index contributed by atoms with van der Waals surface area (Å²) in [6.07, 6.45) is -3.39. The molecule has 0 aliphatic carbocycles. The summed E-state index contributed by atoms with van der Waals surface area (Å²) < 4.78 is 50.2. The number of nitrogens with zero attached hydrogens (tertiary/aromatic N) is 1. The molecule has 2 rings (SSSR count). The van der Waals surface area contributed by atoms with Crippen LogP contribution in [0.2, 0.25) is 0 Å². The van der Waals surface area contributed by atoms with Gasteiger partial charge < -0.3 is 13.9 Å². The molecule has 0 N–H and O–H groups in total. The lowest BCUT2D eigenvalue weighted by Gasteiger charge is -2.33. The molecule has 1 aliphatic heterocycles. The number of aryl methyl sites for hydroxylation is 1. The maximum atomic E-state index is 12.8. The minimum absolute atomic E-state index is 0.177. The topological polar surface area (TPSA) is 40.5 Å². The van der Waals surface area contributed by atoms with E-state index in [2.05, 4.69) is 0 Å². The van der Waals surface area contributed by atoms with Gasteiger partial charge in [-0.2, -0.15) is 13.2 Å². The van der Waals surface area contributed by atoms with Gasteiger partial charge in [-0.05, 0) is 11.5 Å². The number of halogens is 3. The van der Waals surface area contributed by atoms with Gasteiger partial charge in [0.15, 0.2) is 0 Å². The molecule has 0 spiro atoms. The number of pyridine rings is 1. The highest BCUT2D eigenvalue weighted by Crippen LogP contribution is 2.26. The molecule has 0 aromatic carbocycles. The third-order valence-electron chi connectivity index (χ3n) is 3.03. The van der Waals surface area contributed by atoms with Crippen molar-refractivity contribution < 1.29 is 22.5 Å². The molecule has 1 aliphatic rings. The molecule has 0 amide bonds. The molecule has 2 heterocycles. The SMILES string of the molecule is Cn1cc(B2OCC(C)(C)CO2)cc(C(F)(F)F)c1=O. The highest BCUT2D eigenvalue weighted by atomic mass is 19.4. The van der Waals surface area contributed by atoms with E-state index >= 15 is 0 Å². The summed E-state index contributed by atoms with van der Waals surface area (Å²) in [6, 6.07) is 0.797. The molecular formula is C12H15BF3NO3. The van der Waals surface area contributed by atoms with Crippen molar-refractivity contribution in [2.75, 3.05) is 13.2 Å². The zero-order valence-corrected chi connectivity index (χ0v) is 11.5. The molecule has 110 valence electrons. The standard InChI is InChI=1S/C12H15BF3NO3/c1-11(2)6-19-13(20-7-11)8-4-9(12(14,15)16)10(18)17(3)5-8/h4-5H,6-7H2,1-3H3. The number of hydrogen-bond acceptors (Lipinski definition) is 3. The van der Waals surface area contributed by atoms with Gasteiger partial charge in [-0.3, -0.25) is 4.79 Å². The summed E-state index contributed by atoms with van der Waals surface area (Å²) in [6.45, 7) is 4.62. The van der Waals surface area contributed by atoms with Gasteiger partial charge in [0, 0.05) is 31.9 Å². The molecule has 0 bridgehead atoms. The van der Waals surface area contributed by atoms with Gasteiger partial charge in [0.1, 0.15) is 5.56 Å². The van der Waals surface area contributed by atoms with E-state index in [1.54, 1.807) is 0 Å². The zero-order valence-electron chi connectivity index (χ0n) is 11.5. The van der Waals surface area contributed by atoms with Crippen LogP contribution >= 0.6 is 0 Å². The van der Waals surface area contributed by atoms with Gasteiger partial charge in [-0.25, -0.2) is 0 Å². The van der Waals surface area contributed by atoms with E-state index in [-0.39, 0.29) is 10.9 Å². The van der Waals surface area contributed by atoms with E-state index in [1.807, 2.05) is 13.8 Å². The van der Waals surface area contributed by atoms with Gasteiger partial charge >= 0.3 is 13.3 Å². The third kappa shape index (κ3) is 3.07. The van der Waals surface area contributed by atoms with Crippen molar-refractivity contribution >= 4 is 12.6 Å². The second-order valence-electron chi connectivity index (χ2n) is 5.72. The average Bonchev–Trinajstić information content (AvgIpc) is 2.31. The normalized spacial score (nSPS) is 19.2. The van der Waals surface area contributed by atoms with Gasteiger partial charge in [-0.15, -0.1) is 0 Å². The van der Waals surface area contributed by atoms with Crippen LogP contribution in [-0.4, -0.2) is 24.9 Å². The predicted molar refractivity (Wildman–Crippen MR) is 67.8 cm³/mol. The summed E-state index contributed by atoms with van der Waals surface area (Å²) in [5, 5.41) is 0. The average molecular weight is 289 g/mol. The molecule has 4 nitrogen and oxygen atoms in total. The summed E-state index contributed by atoms with van der Waals surface area (Å²) in [5.41, 5.74) is -2.29. The van der Waals surface area contributed by atoms with Crippen molar-refractivity contribution in [2.45, 2.75) is 20.0 Å². The van der Waals surface area contributed by atoms with Crippen molar-refractivity contribution in [2.24, 2.45) is 12.5 Å². The van der Waals surface area contributed by atoms with Crippen molar-refractivity contribution in [3.63, 3.8) is 0 Å². The first kappa shape index (κ1) is 15.1. The predicted octanol–water partition coefficient (Wildman–Crippen LogP) is 1.17. The minimum atomic E-state index is -4.70. The van der Waals surface area contributed by atoms with Gasteiger partial charge in [0.05, 0.1) is 0 Å². The number of aromatic nitrogens is 1. The van der Waals surface area contributed by atoms with Crippen LogP contribution in [0.4, 0.5) is 13.2 Å². The molecule has 0 atom stereocenters.